The van der Waals surface area contributed by atoms with Crippen LogP contribution in [0.4, 0.5) is 0 Å². The number of hydrogen-bond donors (Lipinski definition) is 2. The standard InChI is InChI=1S/C22H23NO8/c24-12-17(31-23(27)28)11-21(15-7-3-1-4-8-15,16-9-5-2-6-10-16)22(26)14-30-19-18(25)13-29-20(19)22/h1-10,12,17-20,25-26H,11,13-14H2/t17?,18-,19+,20-,22-/m0/s1. The summed E-state index contributed by atoms with van der Waals surface area (Å²) in [6, 6.07) is 17.8. The largest absolute Gasteiger partial charge is 0.388 e. The van der Waals surface area contributed by atoms with Crippen LogP contribution >= 0.6 is 0 Å². The van der Waals surface area contributed by atoms with Gasteiger partial charge in [-0.2, -0.15) is 0 Å². The van der Waals surface area contributed by atoms with Crippen LogP contribution in [-0.4, -0.2) is 64.8 Å². The molecule has 2 fully saturated rings. The summed E-state index contributed by atoms with van der Waals surface area (Å²) in [5, 5.41) is 32.4. The van der Waals surface area contributed by atoms with Crippen molar-refractivity contribution in [1.29, 1.82) is 0 Å². The number of aliphatic hydroxyl groups is 2. The molecular weight excluding hydrogens is 406 g/mol. The van der Waals surface area contributed by atoms with Gasteiger partial charge in [0.25, 0.3) is 5.09 Å². The van der Waals surface area contributed by atoms with Crippen LogP contribution < -0.4 is 0 Å². The predicted octanol–water partition coefficient (Wildman–Crippen LogP) is 1.03. The summed E-state index contributed by atoms with van der Waals surface area (Å²) in [4.78, 5) is 27.4. The first-order valence-corrected chi connectivity index (χ1v) is 9.93. The van der Waals surface area contributed by atoms with E-state index in [1.165, 1.54) is 0 Å². The number of aliphatic hydroxyl groups excluding tert-OH is 1. The van der Waals surface area contributed by atoms with E-state index in [1.54, 1.807) is 60.7 Å². The van der Waals surface area contributed by atoms with Gasteiger partial charge in [-0.3, -0.25) is 0 Å². The molecule has 2 aliphatic rings. The van der Waals surface area contributed by atoms with Gasteiger partial charge < -0.3 is 29.3 Å². The molecule has 31 heavy (non-hydrogen) atoms. The normalized spacial score (nSPS) is 28.6. The summed E-state index contributed by atoms with van der Waals surface area (Å²) in [7, 11) is 0. The fourth-order valence-corrected chi connectivity index (χ4v) is 4.92. The van der Waals surface area contributed by atoms with Crippen molar-refractivity contribution in [2.45, 2.75) is 41.9 Å². The number of ether oxygens (including phenoxy) is 2. The molecule has 0 aromatic heterocycles. The zero-order valence-electron chi connectivity index (χ0n) is 16.6. The molecule has 0 amide bonds. The van der Waals surface area contributed by atoms with Gasteiger partial charge in [0.2, 0.25) is 0 Å². The second kappa shape index (κ2) is 8.35. The lowest BCUT2D eigenvalue weighted by Gasteiger charge is -2.48. The lowest BCUT2D eigenvalue weighted by Crippen LogP contribution is -2.61. The SMILES string of the molecule is O=CC(CC(c1ccccc1)(c1ccccc1)[C@]1(O)CO[C@@H]2[C@@H](O)CO[C@@H]21)O[N+](=O)[O-]. The van der Waals surface area contributed by atoms with E-state index in [2.05, 4.69) is 4.84 Å². The quantitative estimate of drug-likeness (QED) is 0.362. The van der Waals surface area contributed by atoms with Crippen molar-refractivity contribution in [3.05, 3.63) is 81.9 Å². The van der Waals surface area contributed by atoms with Crippen molar-refractivity contribution in [3.8, 4) is 0 Å². The van der Waals surface area contributed by atoms with Crippen LogP contribution in [0.25, 0.3) is 0 Å². The Balaban J connectivity index is 1.94. The topological polar surface area (TPSA) is 128 Å². The van der Waals surface area contributed by atoms with E-state index in [4.69, 9.17) is 9.47 Å². The number of aldehydes is 1. The van der Waals surface area contributed by atoms with Gasteiger partial charge in [-0.05, 0) is 17.5 Å². The van der Waals surface area contributed by atoms with E-state index in [9.17, 15) is 25.1 Å². The molecular formula is C22H23NO8. The summed E-state index contributed by atoms with van der Waals surface area (Å²) in [5.74, 6) is 0. The molecule has 0 bridgehead atoms. The highest BCUT2D eigenvalue weighted by molar-refractivity contribution is 5.58. The molecule has 9 nitrogen and oxygen atoms in total. The number of carbonyl (C=O) groups is 1. The minimum absolute atomic E-state index is 0.0141. The predicted molar refractivity (Wildman–Crippen MR) is 107 cm³/mol. The number of carbonyl (C=O) groups excluding carboxylic acids is 1. The van der Waals surface area contributed by atoms with E-state index in [1.807, 2.05) is 0 Å². The van der Waals surface area contributed by atoms with E-state index in [-0.39, 0.29) is 19.6 Å². The zero-order valence-corrected chi connectivity index (χ0v) is 16.6. The number of benzene rings is 2. The molecule has 2 N–H and O–H groups in total. The maximum Gasteiger partial charge on any atom is 0.295 e. The number of fused-ring (bicyclic) bond motifs is 1. The molecule has 0 saturated carbocycles. The van der Waals surface area contributed by atoms with Crippen molar-refractivity contribution >= 4 is 6.29 Å². The van der Waals surface area contributed by atoms with Gasteiger partial charge >= 0.3 is 0 Å². The van der Waals surface area contributed by atoms with Gasteiger partial charge in [-0.25, -0.2) is 0 Å². The fourth-order valence-electron chi connectivity index (χ4n) is 4.92. The molecule has 2 saturated heterocycles. The molecule has 2 aliphatic heterocycles. The molecule has 4 rings (SSSR count). The van der Waals surface area contributed by atoms with Gasteiger partial charge in [0, 0.05) is 0 Å². The van der Waals surface area contributed by atoms with Crippen LogP contribution in [0.5, 0.6) is 0 Å². The Bertz CT molecular complexity index is 884. The van der Waals surface area contributed by atoms with Gasteiger partial charge in [-0.1, -0.05) is 60.7 Å². The molecule has 0 aliphatic carbocycles. The van der Waals surface area contributed by atoms with Crippen molar-refractivity contribution in [1.82, 2.24) is 0 Å². The smallest absolute Gasteiger partial charge is 0.295 e. The van der Waals surface area contributed by atoms with Gasteiger partial charge in [0.15, 0.2) is 6.10 Å². The molecule has 0 radical (unpaired) electrons. The fraction of sp³-hybridized carbons (Fsp3) is 0.409. The second-order valence-electron chi connectivity index (χ2n) is 7.87. The highest BCUT2D eigenvalue weighted by Crippen LogP contribution is 2.52. The van der Waals surface area contributed by atoms with E-state index in [0.29, 0.717) is 17.4 Å². The number of rotatable bonds is 8. The van der Waals surface area contributed by atoms with E-state index < -0.39 is 40.5 Å². The van der Waals surface area contributed by atoms with Crippen LogP contribution in [0.3, 0.4) is 0 Å². The van der Waals surface area contributed by atoms with Crippen molar-refractivity contribution in [2.24, 2.45) is 0 Å². The minimum atomic E-state index is -1.75. The maximum absolute atomic E-state index is 12.2. The van der Waals surface area contributed by atoms with Crippen molar-refractivity contribution in [3.63, 3.8) is 0 Å². The summed E-state index contributed by atoms with van der Waals surface area (Å²) in [5.41, 5.74) is -1.91. The van der Waals surface area contributed by atoms with Gasteiger partial charge in [0.1, 0.15) is 30.2 Å². The Morgan fingerprint density at radius 3 is 2.26 bits per heavy atom. The molecule has 2 aromatic carbocycles. The third kappa shape index (κ3) is 3.49. The first-order valence-electron chi connectivity index (χ1n) is 9.93. The first kappa shape index (κ1) is 21.4. The third-order valence-corrected chi connectivity index (χ3v) is 6.24. The Morgan fingerprint density at radius 1 is 1.16 bits per heavy atom. The Morgan fingerprint density at radius 2 is 1.74 bits per heavy atom. The Kier molecular flexibility index (Phi) is 5.76. The molecule has 1 unspecified atom stereocenters. The third-order valence-electron chi connectivity index (χ3n) is 6.24. The molecule has 5 atom stereocenters. The monoisotopic (exact) mass is 429 g/mol. The highest BCUT2D eigenvalue weighted by atomic mass is 17.0. The summed E-state index contributed by atoms with van der Waals surface area (Å²) < 4.78 is 11.5. The van der Waals surface area contributed by atoms with Crippen LogP contribution in [-0.2, 0) is 24.5 Å². The molecule has 164 valence electrons. The molecule has 2 heterocycles. The van der Waals surface area contributed by atoms with Crippen molar-refractivity contribution < 1.29 is 34.4 Å². The summed E-state index contributed by atoms with van der Waals surface area (Å²) in [6.07, 6.45) is -3.93. The van der Waals surface area contributed by atoms with Crippen LogP contribution in [0, 0.1) is 10.1 Å². The number of nitrogens with zero attached hydrogens (tertiary/aromatic N) is 1. The lowest BCUT2D eigenvalue weighted by molar-refractivity contribution is -0.764. The highest BCUT2D eigenvalue weighted by Gasteiger charge is 2.66. The first-order chi connectivity index (χ1) is 14.9. The van der Waals surface area contributed by atoms with E-state index in [0.717, 1.165) is 0 Å². The van der Waals surface area contributed by atoms with Gasteiger partial charge in [0.05, 0.1) is 18.6 Å². The molecule has 9 heteroatoms. The minimum Gasteiger partial charge on any atom is -0.388 e. The average Bonchev–Trinajstić information content (AvgIpc) is 3.33. The van der Waals surface area contributed by atoms with E-state index >= 15 is 0 Å². The maximum atomic E-state index is 12.2. The van der Waals surface area contributed by atoms with Crippen LogP contribution in [0.1, 0.15) is 17.5 Å². The van der Waals surface area contributed by atoms with Gasteiger partial charge in [-0.15, -0.1) is 10.1 Å². The Hall–Kier alpha value is -2.85. The lowest BCUT2D eigenvalue weighted by atomic mass is 9.59. The van der Waals surface area contributed by atoms with Crippen LogP contribution in [0.15, 0.2) is 60.7 Å². The molecule has 2 aromatic rings. The summed E-state index contributed by atoms with van der Waals surface area (Å²) in [6.45, 7) is -0.215. The number of hydrogen-bond acceptors (Lipinski definition) is 8. The molecule has 0 spiro atoms. The Labute approximate surface area is 178 Å². The average molecular weight is 429 g/mol. The zero-order chi connectivity index (χ0) is 22.1. The van der Waals surface area contributed by atoms with Crippen molar-refractivity contribution in [2.75, 3.05) is 13.2 Å². The second-order valence-corrected chi connectivity index (χ2v) is 7.87. The van der Waals surface area contributed by atoms with Crippen LogP contribution in [0.2, 0.25) is 0 Å². The summed E-state index contributed by atoms with van der Waals surface area (Å²) >= 11 is 0.